The van der Waals surface area contributed by atoms with Crippen molar-refractivity contribution in [2.24, 2.45) is 5.41 Å². The van der Waals surface area contributed by atoms with E-state index in [1.165, 1.54) is 102 Å². The molecule has 2 nitrogen and oxygen atoms in total. The third kappa shape index (κ3) is 9.72. The van der Waals surface area contributed by atoms with Crippen molar-refractivity contribution in [3.05, 3.63) is 24.4 Å². The van der Waals surface area contributed by atoms with Crippen molar-refractivity contribution in [1.29, 1.82) is 0 Å². The molecule has 1 N–H and O–H groups in total. The first-order chi connectivity index (χ1) is 13.2. The molecular weight excluding hydrogens is 330 g/mol. The Labute approximate surface area is 170 Å². The fourth-order valence-corrected chi connectivity index (χ4v) is 4.37. The molecule has 0 radical (unpaired) electrons. The molecule has 0 aromatic carbocycles. The maximum absolute atomic E-state index is 5.43. The minimum Gasteiger partial charge on any atom is -0.448 e. The topological polar surface area (TPSA) is 21.3 Å². The number of hydrogen-bond donors (Lipinski definition) is 1. The van der Waals surface area contributed by atoms with Gasteiger partial charge in [-0.15, -0.1) is 0 Å². The van der Waals surface area contributed by atoms with Gasteiger partial charge >= 0.3 is 0 Å². The molecule has 0 atom stereocenters. The van der Waals surface area contributed by atoms with Crippen molar-refractivity contribution < 1.29 is 4.74 Å². The van der Waals surface area contributed by atoms with Crippen LogP contribution in [0.4, 0.5) is 0 Å². The molecule has 2 heteroatoms. The summed E-state index contributed by atoms with van der Waals surface area (Å²) >= 11 is 0. The minimum absolute atomic E-state index is 0.247. The second-order valence-electron chi connectivity index (χ2n) is 8.53. The van der Waals surface area contributed by atoms with Crippen LogP contribution in [0.1, 0.15) is 130 Å². The standard InChI is InChI=1S/C25H47NO/c1-5-8-9-10-11-12-13-14-15-16-17-18-19-20-21-25(6-2,7-3)24-22-27-23(4)26-24/h22,26H,4-21H2,1-3H3. The van der Waals surface area contributed by atoms with E-state index in [1.807, 2.05) is 6.26 Å². The van der Waals surface area contributed by atoms with Crippen LogP contribution >= 0.6 is 0 Å². The normalized spacial score (nSPS) is 14.2. The number of nitrogens with one attached hydrogen (secondary N) is 1. The van der Waals surface area contributed by atoms with Crippen LogP contribution < -0.4 is 5.32 Å². The van der Waals surface area contributed by atoms with E-state index in [-0.39, 0.29) is 5.41 Å². The molecular formula is C25H47NO. The summed E-state index contributed by atoms with van der Waals surface area (Å²) in [5, 5.41) is 3.34. The van der Waals surface area contributed by atoms with E-state index in [0.717, 1.165) is 12.8 Å². The molecule has 1 rings (SSSR count). The second-order valence-corrected chi connectivity index (χ2v) is 8.53. The van der Waals surface area contributed by atoms with Crippen molar-refractivity contribution in [2.75, 3.05) is 0 Å². The molecule has 27 heavy (non-hydrogen) atoms. The van der Waals surface area contributed by atoms with E-state index in [4.69, 9.17) is 4.74 Å². The van der Waals surface area contributed by atoms with Gasteiger partial charge in [-0.3, -0.25) is 0 Å². The molecule has 0 saturated carbocycles. The van der Waals surface area contributed by atoms with Crippen LogP contribution in [0, 0.1) is 5.41 Å². The van der Waals surface area contributed by atoms with Gasteiger partial charge in [0.1, 0.15) is 6.26 Å². The lowest BCUT2D eigenvalue weighted by Crippen LogP contribution is -2.28. The van der Waals surface area contributed by atoms with Crippen LogP contribution in [0.2, 0.25) is 0 Å². The molecule has 0 unspecified atom stereocenters. The lowest BCUT2D eigenvalue weighted by Gasteiger charge is -2.32. The Balaban J connectivity index is 1.99. The van der Waals surface area contributed by atoms with Crippen molar-refractivity contribution in [3.8, 4) is 0 Å². The van der Waals surface area contributed by atoms with Crippen molar-refractivity contribution in [1.82, 2.24) is 5.32 Å². The Morgan fingerprint density at radius 2 is 1.19 bits per heavy atom. The smallest absolute Gasteiger partial charge is 0.189 e. The minimum atomic E-state index is 0.247. The molecule has 0 saturated heterocycles. The Morgan fingerprint density at radius 3 is 1.56 bits per heavy atom. The fourth-order valence-electron chi connectivity index (χ4n) is 4.37. The molecule has 0 fully saturated rings. The first-order valence-corrected chi connectivity index (χ1v) is 12.0. The van der Waals surface area contributed by atoms with Gasteiger partial charge in [0.05, 0.1) is 5.70 Å². The molecule has 1 heterocycles. The fraction of sp³-hybridized carbons (Fsp3) is 0.840. The lowest BCUT2D eigenvalue weighted by molar-refractivity contribution is 0.277. The maximum Gasteiger partial charge on any atom is 0.189 e. The SMILES string of the molecule is C=C1NC(C(CC)(CC)CCCCCCCCCCCCCCCC)=CO1. The highest BCUT2D eigenvalue weighted by atomic mass is 16.5. The zero-order chi connectivity index (χ0) is 19.8. The molecule has 0 amide bonds. The van der Waals surface area contributed by atoms with Gasteiger partial charge in [-0.05, 0) is 25.8 Å². The number of rotatable bonds is 18. The Kier molecular flexibility index (Phi) is 13.4. The monoisotopic (exact) mass is 377 g/mol. The number of unbranched alkanes of at least 4 members (excludes halogenated alkanes) is 13. The van der Waals surface area contributed by atoms with Crippen molar-refractivity contribution in [3.63, 3.8) is 0 Å². The predicted octanol–water partition coefficient (Wildman–Crippen LogP) is 8.60. The van der Waals surface area contributed by atoms with E-state index in [1.54, 1.807) is 0 Å². The van der Waals surface area contributed by atoms with Gasteiger partial charge in [0.15, 0.2) is 5.88 Å². The van der Waals surface area contributed by atoms with E-state index in [0.29, 0.717) is 5.88 Å². The summed E-state index contributed by atoms with van der Waals surface area (Å²) in [6.07, 6.45) is 25.4. The second kappa shape index (κ2) is 15.1. The van der Waals surface area contributed by atoms with Crippen LogP contribution in [0.3, 0.4) is 0 Å². The van der Waals surface area contributed by atoms with Crippen molar-refractivity contribution in [2.45, 2.75) is 130 Å². The summed E-state index contributed by atoms with van der Waals surface area (Å²) in [4.78, 5) is 0. The molecule has 0 bridgehead atoms. The first kappa shape index (κ1) is 24.1. The molecule has 1 aliphatic heterocycles. The average molecular weight is 378 g/mol. The maximum atomic E-state index is 5.43. The highest BCUT2D eigenvalue weighted by molar-refractivity contribution is 5.18. The number of hydrogen-bond acceptors (Lipinski definition) is 2. The van der Waals surface area contributed by atoms with Gasteiger partial charge in [0.25, 0.3) is 0 Å². The molecule has 0 aromatic heterocycles. The highest BCUT2D eigenvalue weighted by Crippen LogP contribution is 2.41. The Morgan fingerprint density at radius 1 is 0.741 bits per heavy atom. The first-order valence-electron chi connectivity index (χ1n) is 12.0. The summed E-state index contributed by atoms with van der Waals surface area (Å²) in [7, 11) is 0. The largest absolute Gasteiger partial charge is 0.448 e. The summed E-state index contributed by atoms with van der Waals surface area (Å²) in [6, 6.07) is 0. The third-order valence-corrected chi connectivity index (χ3v) is 6.53. The van der Waals surface area contributed by atoms with Gasteiger partial charge < -0.3 is 10.1 Å². The number of allylic oxidation sites excluding steroid dienone is 1. The molecule has 1 aliphatic rings. The lowest BCUT2D eigenvalue weighted by atomic mass is 9.75. The van der Waals surface area contributed by atoms with E-state index in [9.17, 15) is 0 Å². The van der Waals surface area contributed by atoms with E-state index >= 15 is 0 Å². The predicted molar refractivity (Wildman–Crippen MR) is 119 cm³/mol. The van der Waals surface area contributed by atoms with Crippen LogP contribution in [-0.4, -0.2) is 0 Å². The molecule has 0 aromatic rings. The molecule has 158 valence electrons. The third-order valence-electron chi connectivity index (χ3n) is 6.53. The quantitative estimate of drug-likeness (QED) is 0.241. The van der Waals surface area contributed by atoms with Crippen LogP contribution in [0.5, 0.6) is 0 Å². The van der Waals surface area contributed by atoms with Gasteiger partial charge in [0, 0.05) is 5.41 Å². The van der Waals surface area contributed by atoms with Crippen LogP contribution in [0.25, 0.3) is 0 Å². The van der Waals surface area contributed by atoms with Crippen molar-refractivity contribution >= 4 is 0 Å². The molecule has 0 aliphatic carbocycles. The van der Waals surface area contributed by atoms with Gasteiger partial charge in [-0.25, -0.2) is 0 Å². The average Bonchev–Trinajstić information content (AvgIpc) is 3.12. The number of ether oxygens (including phenoxy) is 1. The summed E-state index contributed by atoms with van der Waals surface area (Å²) in [5.41, 5.74) is 1.49. The van der Waals surface area contributed by atoms with Crippen LogP contribution in [-0.2, 0) is 4.74 Å². The van der Waals surface area contributed by atoms with E-state index in [2.05, 4.69) is 32.7 Å². The molecule has 0 spiro atoms. The Bertz CT molecular complexity index is 409. The van der Waals surface area contributed by atoms with Gasteiger partial charge in [0.2, 0.25) is 0 Å². The highest BCUT2D eigenvalue weighted by Gasteiger charge is 2.33. The van der Waals surface area contributed by atoms with Crippen LogP contribution in [0.15, 0.2) is 24.4 Å². The van der Waals surface area contributed by atoms with Gasteiger partial charge in [-0.1, -0.05) is 111 Å². The van der Waals surface area contributed by atoms with E-state index < -0.39 is 0 Å². The Hall–Kier alpha value is -0.920. The zero-order valence-corrected chi connectivity index (χ0v) is 18.7. The zero-order valence-electron chi connectivity index (χ0n) is 18.7. The summed E-state index contributed by atoms with van der Waals surface area (Å²) < 4.78 is 5.43. The summed E-state index contributed by atoms with van der Waals surface area (Å²) in [5.74, 6) is 0.678. The summed E-state index contributed by atoms with van der Waals surface area (Å²) in [6.45, 7) is 10.8. The van der Waals surface area contributed by atoms with Gasteiger partial charge in [-0.2, -0.15) is 0 Å².